The zero-order valence-electron chi connectivity index (χ0n) is 9.48. The second-order valence-electron chi connectivity index (χ2n) is 3.66. The normalized spacial score (nSPS) is 12.8. The fourth-order valence-electron chi connectivity index (χ4n) is 1.73. The second kappa shape index (κ2) is 4.57. The molecule has 0 fully saturated rings. The van der Waals surface area contributed by atoms with Gasteiger partial charge in [0.25, 0.3) is 0 Å². The number of aliphatic hydroxyl groups excluding tert-OH is 1. The fourth-order valence-corrected chi connectivity index (χ4v) is 3.69. The van der Waals surface area contributed by atoms with Crippen molar-refractivity contribution in [1.29, 1.82) is 0 Å². The predicted molar refractivity (Wildman–Crippen MR) is 68.7 cm³/mol. The molecule has 1 atom stereocenters. The van der Waals surface area contributed by atoms with E-state index in [1.54, 1.807) is 18.4 Å². The summed E-state index contributed by atoms with van der Waals surface area (Å²) in [5.41, 5.74) is 1.14. The minimum Gasteiger partial charge on any atom is -0.495 e. The molecule has 16 heavy (non-hydrogen) atoms. The third-order valence-electron chi connectivity index (χ3n) is 2.45. The summed E-state index contributed by atoms with van der Waals surface area (Å²) in [6.07, 6.45) is -0.561. The summed E-state index contributed by atoms with van der Waals surface area (Å²) in [5, 5.41) is 12.3. The van der Waals surface area contributed by atoms with E-state index in [1.807, 2.05) is 18.4 Å². The Kier molecular flexibility index (Phi) is 3.33. The van der Waals surface area contributed by atoms with E-state index < -0.39 is 6.10 Å². The Morgan fingerprint density at radius 2 is 2.06 bits per heavy atom. The highest BCUT2D eigenvalue weighted by atomic mass is 32.1. The first kappa shape index (κ1) is 11.6. The van der Waals surface area contributed by atoms with Crippen LogP contribution in [0.3, 0.4) is 0 Å². The number of hydrogen-bond acceptors (Lipinski definition) is 4. The first-order chi connectivity index (χ1) is 7.63. The van der Waals surface area contributed by atoms with Crippen molar-refractivity contribution in [3.63, 3.8) is 0 Å². The maximum atomic E-state index is 10.3. The summed E-state index contributed by atoms with van der Waals surface area (Å²) in [6, 6.07) is 3.99. The van der Waals surface area contributed by atoms with Gasteiger partial charge in [0.15, 0.2) is 0 Å². The van der Waals surface area contributed by atoms with Crippen LogP contribution in [0.4, 0.5) is 0 Å². The summed E-state index contributed by atoms with van der Waals surface area (Å²) in [7, 11) is 1.63. The largest absolute Gasteiger partial charge is 0.495 e. The van der Waals surface area contributed by atoms with Crippen molar-refractivity contribution in [2.24, 2.45) is 0 Å². The number of thiophene rings is 2. The van der Waals surface area contributed by atoms with Crippen molar-refractivity contribution in [1.82, 2.24) is 0 Å². The van der Waals surface area contributed by atoms with Crippen molar-refractivity contribution < 1.29 is 9.84 Å². The minimum atomic E-state index is -0.561. The molecule has 2 rings (SSSR count). The molecular formula is C12H14O2S2. The average molecular weight is 254 g/mol. The van der Waals surface area contributed by atoms with Gasteiger partial charge in [0.05, 0.1) is 12.0 Å². The van der Waals surface area contributed by atoms with Gasteiger partial charge in [-0.15, -0.1) is 22.7 Å². The van der Waals surface area contributed by atoms with Gasteiger partial charge in [0, 0.05) is 9.75 Å². The Labute approximate surface area is 103 Å². The monoisotopic (exact) mass is 254 g/mol. The van der Waals surface area contributed by atoms with Gasteiger partial charge >= 0.3 is 0 Å². The van der Waals surface area contributed by atoms with Crippen LogP contribution >= 0.6 is 22.7 Å². The Bertz CT molecular complexity index is 485. The summed E-state index contributed by atoms with van der Waals surface area (Å²) < 4.78 is 5.23. The van der Waals surface area contributed by atoms with Gasteiger partial charge < -0.3 is 9.84 Å². The summed E-state index contributed by atoms with van der Waals surface area (Å²) >= 11 is 3.17. The van der Waals surface area contributed by atoms with Gasteiger partial charge in [-0.2, -0.15) is 0 Å². The van der Waals surface area contributed by atoms with Crippen molar-refractivity contribution in [2.45, 2.75) is 20.0 Å². The quantitative estimate of drug-likeness (QED) is 0.908. The minimum absolute atomic E-state index is 0.561. The highest BCUT2D eigenvalue weighted by Gasteiger charge is 2.20. The molecule has 0 radical (unpaired) electrons. The van der Waals surface area contributed by atoms with E-state index in [9.17, 15) is 5.11 Å². The van der Waals surface area contributed by atoms with Gasteiger partial charge in [-0.05, 0) is 36.9 Å². The van der Waals surface area contributed by atoms with Crippen LogP contribution in [0.5, 0.6) is 5.75 Å². The Morgan fingerprint density at radius 1 is 1.31 bits per heavy atom. The van der Waals surface area contributed by atoms with Gasteiger partial charge in [-0.1, -0.05) is 0 Å². The van der Waals surface area contributed by atoms with Crippen LogP contribution in [0.25, 0.3) is 0 Å². The maximum absolute atomic E-state index is 10.3. The molecule has 0 aliphatic heterocycles. The first-order valence-electron chi connectivity index (χ1n) is 5.00. The van der Waals surface area contributed by atoms with Crippen molar-refractivity contribution in [3.05, 3.63) is 37.7 Å². The Balaban J connectivity index is 2.38. The lowest BCUT2D eigenvalue weighted by molar-refractivity contribution is 0.222. The lowest BCUT2D eigenvalue weighted by atomic mass is 10.1. The van der Waals surface area contributed by atoms with Crippen molar-refractivity contribution in [2.75, 3.05) is 7.11 Å². The molecule has 0 spiro atoms. The van der Waals surface area contributed by atoms with Crippen LogP contribution in [0, 0.1) is 13.8 Å². The molecule has 0 aliphatic carbocycles. The van der Waals surface area contributed by atoms with E-state index in [0.717, 1.165) is 21.1 Å². The highest BCUT2D eigenvalue weighted by molar-refractivity contribution is 7.13. The van der Waals surface area contributed by atoms with E-state index in [4.69, 9.17) is 4.74 Å². The molecule has 2 heterocycles. The molecule has 0 aromatic carbocycles. The van der Waals surface area contributed by atoms with Gasteiger partial charge in [0.1, 0.15) is 11.9 Å². The van der Waals surface area contributed by atoms with Gasteiger partial charge in [-0.3, -0.25) is 0 Å². The molecule has 2 nitrogen and oxygen atoms in total. The molecule has 4 heteroatoms. The van der Waals surface area contributed by atoms with E-state index in [0.29, 0.717) is 0 Å². The molecule has 0 saturated heterocycles. The molecule has 0 bridgehead atoms. The number of rotatable bonds is 3. The lowest BCUT2D eigenvalue weighted by Crippen LogP contribution is -1.98. The van der Waals surface area contributed by atoms with Crippen molar-refractivity contribution >= 4 is 22.7 Å². The number of hydrogen-bond donors (Lipinski definition) is 1. The molecule has 2 aromatic heterocycles. The van der Waals surface area contributed by atoms with E-state index in [2.05, 4.69) is 13.0 Å². The maximum Gasteiger partial charge on any atom is 0.135 e. The summed E-state index contributed by atoms with van der Waals surface area (Å²) in [6.45, 7) is 4.08. The van der Waals surface area contributed by atoms with Crippen LogP contribution in [0.15, 0.2) is 17.5 Å². The molecule has 1 N–H and O–H groups in total. The number of ether oxygens (including phenoxy) is 1. The summed E-state index contributed by atoms with van der Waals surface area (Å²) in [5.74, 6) is 0.767. The van der Waals surface area contributed by atoms with E-state index in [-0.39, 0.29) is 0 Å². The number of aliphatic hydroxyl groups is 1. The standard InChI is InChI=1S/C12H14O2S2/c1-7-6-8(2)16-11(7)10(13)12-9(14-3)4-5-15-12/h4-6,10,13H,1-3H3. The SMILES string of the molecule is COc1ccsc1C(O)c1sc(C)cc1C. The molecule has 0 amide bonds. The van der Waals surface area contributed by atoms with Crippen molar-refractivity contribution in [3.8, 4) is 5.75 Å². The number of aryl methyl sites for hydroxylation is 2. The predicted octanol–water partition coefficient (Wildman–Crippen LogP) is 3.52. The molecule has 2 aromatic rings. The molecule has 86 valence electrons. The summed E-state index contributed by atoms with van der Waals surface area (Å²) in [4.78, 5) is 3.12. The Morgan fingerprint density at radius 3 is 2.62 bits per heavy atom. The topological polar surface area (TPSA) is 29.5 Å². The Hall–Kier alpha value is -0.840. The number of methoxy groups -OCH3 is 1. The molecule has 1 unspecified atom stereocenters. The van der Waals surface area contributed by atoms with Crippen LogP contribution in [0.1, 0.15) is 26.3 Å². The first-order valence-corrected chi connectivity index (χ1v) is 6.69. The zero-order chi connectivity index (χ0) is 11.7. The lowest BCUT2D eigenvalue weighted by Gasteiger charge is -2.10. The van der Waals surface area contributed by atoms with E-state index in [1.165, 1.54) is 16.2 Å². The van der Waals surface area contributed by atoms with Gasteiger partial charge in [-0.25, -0.2) is 0 Å². The van der Waals surface area contributed by atoms with Crippen LogP contribution in [-0.2, 0) is 0 Å². The molecule has 0 aliphatic rings. The van der Waals surface area contributed by atoms with E-state index >= 15 is 0 Å². The third-order valence-corrected chi connectivity index (χ3v) is 4.61. The smallest absolute Gasteiger partial charge is 0.135 e. The van der Waals surface area contributed by atoms with Crippen LogP contribution < -0.4 is 4.74 Å². The van der Waals surface area contributed by atoms with Crippen LogP contribution in [0.2, 0.25) is 0 Å². The second-order valence-corrected chi connectivity index (χ2v) is 5.90. The molecular weight excluding hydrogens is 240 g/mol. The highest BCUT2D eigenvalue weighted by Crippen LogP contribution is 2.38. The van der Waals surface area contributed by atoms with Gasteiger partial charge in [0.2, 0.25) is 0 Å². The fraction of sp³-hybridized carbons (Fsp3) is 0.333. The average Bonchev–Trinajstić information content (AvgIpc) is 2.83. The van der Waals surface area contributed by atoms with Crippen LogP contribution in [-0.4, -0.2) is 12.2 Å². The molecule has 0 saturated carbocycles. The zero-order valence-corrected chi connectivity index (χ0v) is 11.1. The third kappa shape index (κ3) is 2.00.